The molecule has 0 radical (unpaired) electrons. The summed E-state index contributed by atoms with van der Waals surface area (Å²) < 4.78 is 5.66. The Labute approximate surface area is 72.9 Å². The number of methoxy groups -OCH3 is 1. The van der Waals surface area contributed by atoms with Crippen LogP contribution in [0.25, 0.3) is 0 Å². The minimum absolute atomic E-state index is 0.566. The molecule has 1 heterocycles. The molecule has 0 saturated heterocycles. The molecule has 0 amide bonds. The summed E-state index contributed by atoms with van der Waals surface area (Å²) in [4.78, 5) is 4.00. The predicted octanol–water partition coefficient (Wildman–Crippen LogP) is 1.14. The van der Waals surface area contributed by atoms with Crippen molar-refractivity contribution < 1.29 is 4.74 Å². The molecule has 0 aliphatic heterocycles. The van der Waals surface area contributed by atoms with Gasteiger partial charge in [0.25, 0.3) is 0 Å². The Kier molecular flexibility index (Phi) is 2.67. The van der Waals surface area contributed by atoms with Gasteiger partial charge >= 0.3 is 0 Å². The van der Waals surface area contributed by atoms with Gasteiger partial charge in [-0.1, -0.05) is 0 Å². The van der Waals surface area contributed by atoms with Crippen LogP contribution >= 0.6 is 15.9 Å². The third-order valence-corrected chi connectivity index (χ3v) is 1.56. The summed E-state index contributed by atoms with van der Waals surface area (Å²) in [5, 5.41) is 0. The van der Waals surface area contributed by atoms with Crippen LogP contribution in [0.1, 0.15) is 0 Å². The zero-order valence-electron chi connectivity index (χ0n) is 5.97. The van der Waals surface area contributed by atoms with Crippen molar-refractivity contribution in [2.75, 3.05) is 12.5 Å². The molecule has 0 unspecified atom stereocenters. The number of pyridine rings is 1. The molecule has 0 aromatic carbocycles. The first-order chi connectivity index (χ1) is 5.26. The first kappa shape index (κ1) is 8.29. The van der Waals surface area contributed by atoms with Crippen LogP contribution in [-0.4, -0.2) is 12.1 Å². The van der Waals surface area contributed by atoms with Gasteiger partial charge in [-0.25, -0.2) is 10.8 Å². The Morgan fingerprint density at radius 2 is 2.36 bits per heavy atom. The highest BCUT2D eigenvalue weighted by Gasteiger charge is 1.97. The number of rotatable bonds is 2. The number of aromatic nitrogens is 1. The number of ether oxygens (including phenoxy) is 1. The van der Waals surface area contributed by atoms with Crippen LogP contribution in [0.3, 0.4) is 0 Å². The highest BCUT2D eigenvalue weighted by molar-refractivity contribution is 9.10. The number of anilines is 1. The number of halogens is 1. The minimum Gasteiger partial charge on any atom is -0.497 e. The maximum absolute atomic E-state index is 5.15. The van der Waals surface area contributed by atoms with Gasteiger partial charge in [0.2, 0.25) is 0 Å². The summed E-state index contributed by atoms with van der Waals surface area (Å²) in [6.45, 7) is 0. The van der Waals surface area contributed by atoms with Crippen molar-refractivity contribution in [2.24, 2.45) is 5.84 Å². The summed E-state index contributed by atoms with van der Waals surface area (Å²) >= 11 is 3.21. The number of hydrogen-bond acceptors (Lipinski definition) is 4. The maximum atomic E-state index is 5.15. The van der Waals surface area contributed by atoms with E-state index in [1.54, 1.807) is 19.2 Å². The molecule has 0 fully saturated rings. The summed E-state index contributed by atoms with van der Waals surface area (Å²) in [7, 11) is 1.59. The van der Waals surface area contributed by atoms with Gasteiger partial charge in [-0.3, -0.25) is 0 Å². The lowest BCUT2D eigenvalue weighted by molar-refractivity contribution is 0.414. The van der Waals surface area contributed by atoms with E-state index < -0.39 is 0 Å². The molecule has 60 valence electrons. The van der Waals surface area contributed by atoms with E-state index in [1.807, 2.05) is 0 Å². The van der Waals surface area contributed by atoms with Crippen LogP contribution < -0.4 is 16.0 Å². The average molecular weight is 218 g/mol. The fraction of sp³-hybridized carbons (Fsp3) is 0.167. The fourth-order valence-corrected chi connectivity index (χ4v) is 1.08. The molecular weight excluding hydrogens is 210 g/mol. The number of hydrogen-bond donors (Lipinski definition) is 2. The summed E-state index contributed by atoms with van der Waals surface area (Å²) in [6, 6.07) is 3.45. The number of hydrazine groups is 1. The zero-order chi connectivity index (χ0) is 8.27. The van der Waals surface area contributed by atoms with Gasteiger partial charge in [-0.2, -0.15) is 0 Å². The third-order valence-electron chi connectivity index (χ3n) is 1.15. The Morgan fingerprint density at radius 1 is 1.64 bits per heavy atom. The SMILES string of the molecule is COc1cc(Br)nc(NN)c1. The van der Waals surface area contributed by atoms with Crippen molar-refractivity contribution in [1.29, 1.82) is 0 Å². The van der Waals surface area contributed by atoms with E-state index in [-0.39, 0.29) is 0 Å². The molecule has 0 atom stereocenters. The molecule has 0 spiro atoms. The lowest BCUT2D eigenvalue weighted by atomic mass is 10.4. The van der Waals surface area contributed by atoms with E-state index in [9.17, 15) is 0 Å². The van der Waals surface area contributed by atoms with Crippen LogP contribution in [-0.2, 0) is 0 Å². The van der Waals surface area contributed by atoms with Crippen molar-refractivity contribution >= 4 is 21.7 Å². The molecule has 4 nitrogen and oxygen atoms in total. The van der Waals surface area contributed by atoms with Crippen molar-refractivity contribution in [3.8, 4) is 5.75 Å². The molecule has 1 aromatic rings. The van der Waals surface area contributed by atoms with Gasteiger partial charge in [0.15, 0.2) is 0 Å². The maximum Gasteiger partial charge on any atom is 0.144 e. The monoisotopic (exact) mass is 217 g/mol. The van der Waals surface area contributed by atoms with Gasteiger partial charge < -0.3 is 10.2 Å². The summed E-state index contributed by atoms with van der Waals surface area (Å²) in [5.41, 5.74) is 2.42. The molecule has 0 aliphatic rings. The van der Waals surface area contributed by atoms with Crippen LogP contribution in [0.15, 0.2) is 16.7 Å². The Hall–Kier alpha value is -0.810. The Morgan fingerprint density at radius 3 is 2.91 bits per heavy atom. The average Bonchev–Trinajstić information content (AvgIpc) is 2.03. The van der Waals surface area contributed by atoms with E-state index in [0.717, 1.165) is 0 Å². The summed E-state index contributed by atoms with van der Waals surface area (Å²) in [5.74, 6) is 6.43. The molecule has 0 saturated carbocycles. The molecule has 11 heavy (non-hydrogen) atoms. The Balaban J connectivity index is 3.02. The van der Waals surface area contributed by atoms with E-state index in [2.05, 4.69) is 26.3 Å². The number of nitrogens with two attached hydrogens (primary N) is 1. The second-order valence-corrected chi connectivity index (χ2v) is 2.67. The largest absolute Gasteiger partial charge is 0.497 e. The quantitative estimate of drug-likeness (QED) is 0.444. The van der Waals surface area contributed by atoms with E-state index >= 15 is 0 Å². The molecule has 5 heteroatoms. The number of nitrogens with zero attached hydrogens (tertiary/aromatic N) is 1. The highest BCUT2D eigenvalue weighted by atomic mass is 79.9. The lowest BCUT2D eigenvalue weighted by Gasteiger charge is -2.03. The molecule has 1 rings (SSSR count). The first-order valence-corrected chi connectivity index (χ1v) is 3.73. The molecular formula is C6H8BrN3O. The molecule has 1 aromatic heterocycles. The van der Waals surface area contributed by atoms with Crippen LogP contribution in [0.2, 0.25) is 0 Å². The van der Waals surface area contributed by atoms with Gasteiger partial charge in [-0.15, -0.1) is 0 Å². The van der Waals surface area contributed by atoms with Crippen LogP contribution in [0.4, 0.5) is 5.82 Å². The molecule has 3 N–H and O–H groups in total. The van der Waals surface area contributed by atoms with Crippen molar-refractivity contribution in [2.45, 2.75) is 0 Å². The van der Waals surface area contributed by atoms with Crippen LogP contribution in [0, 0.1) is 0 Å². The van der Waals surface area contributed by atoms with E-state index in [0.29, 0.717) is 16.2 Å². The minimum atomic E-state index is 0.566. The normalized spacial score (nSPS) is 9.36. The molecule has 0 bridgehead atoms. The highest BCUT2D eigenvalue weighted by Crippen LogP contribution is 2.19. The second kappa shape index (κ2) is 3.54. The number of nitrogen functional groups attached to an aromatic ring is 1. The topological polar surface area (TPSA) is 60.2 Å². The molecule has 0 aliphatic carbocycles. The van der Waals surface area contributed by atoms with Crippen molar-refractivity contribution in [3.05, 3.63) is 16.7 Å². The predicted molar refractivity (Wildman–Crippen MR) is 46.3 cm³/mol. The zero-order valence-corrected chi connectivity index (χ0v) is 7.55. The smallest absolute Gasteiger partial charge is 0.144 e. The standard InChI is InChI=1S/C6H8BrN3O/c1-11-4-2-5(7)9-6(3-4)10-8/h2-3H,8H2,1H3,(H,9,10). The van der Waals surface area contributed by atoms with Gasteiger partial charge in [0, 0.05) is 12.1 Å². The van der Waals surface area contributed by atoms with E-state index in [1.165, 1.54) is 0 Å². The van der Waals surface area contributed by atoms with E-state index in [4.69, 9.17) is 10.6 Å². The van der Waals surface area contributed by atoms with Crippen molar-refractivity contribution in [3.63, 3.8) is 0 Å². The Bertz CT molecular complexity index is 231. The second-order valence-electron chi connectivity index (χ2n) is 1.86. The van der Waals surface area contributed by atoms with Gasteiger partial charge in [0.1, 0.15) is 16.2 Å². The summed E-state index contributed by atoms with van der Waals surface area (Å²) in [6.07, 6.45) is 0. The van der Waals surface area contributed by atoms with Gasteiger partial charge in [-0.05, 0) is 15.9 Å². The van der Waals surface area contributed by atoms with Crippen molar-refractivity contribution in [1.82, 2.24) is 4.98 Å². The van der Waals surface area contributed by atoms with Crippen LogP contribution in [0.5, 0.6) is 5.75 Å². The van der Waals surface area contributed by atoms with Gasteiger partial charge in [0.05, 0.1) is 7.11 Å². The first-order valence-electron chi connectivity index (χ1n) is 2.94. The lowest BCUT2D eigenvalue weighted by Crippen LogP contribution is -2.08. The number of nitrogens with one attached hydrogen (secondary N) is 1. The third kappa shape index (κ3) is 2.06. The fourth-order valence-electron chi connectivity index (χ4n) is 0.665.